The lowest BCUT2D eigenvalue weighted by molar-refractivity contribution is -0.116. The molecule has 1 amide bonds. The monoisotopic (exact) mass is 393 g/mol. The van der Waals surface area contributed by atoms with Gasteiger partial charge in [-0.3, -0.25) is 4.79 Å². The van der Waals surface area contributed by atoms with E-state index in [2.05, 4.69) is 17.2 Å². The number of fused-ring (bicyclic) bond motifs is 1. The summed E-state index contributed by atoms with van der Waals surface area (Å²) < 4.78 is 13.1. The summed E-state index contributed by atoms with van der Waals surface area (Å²) in [6.07, 6.45) is 8.86. The molecule has 0 aliphatic rings. The van der Waals surface area contributed by atoms with Gasteiger partial charge in [0.05, 0.1) is 18.9 Å². The van der Waals surface area contributed by atoms with E-state index < -0.39 is 0 Å². The molecule has 2 heterocycles. The number of rotatable bonds is 10. The lowest BCUT2D eigenvalue weighted by Crippen LogP contribution is -2.23. The van der Waals surface area contributed by atoms with Crippen molar-refractivity contribution in [3.05, 3.63) is 66.1 Å². The number of nitrogens with zero attached hydrogens (tertiary/aromatic N) is 2. The number of benzene rings is 1. The molecule has 2 aromatic heterocycles. The zero-order valence-electron chi connectivity index (χ0n) is 16.9. The molecule has 3 aromatic rings. The highest BCUT2D eigenvalue weighted by Crippen LogP contribution is 2.19. The van der Waals surface area contributed by atoms with Crippen molar-refractivity contribution >= 4 is 17.6 Å². The number of hydrogen-bond acceptors (Lipinski definition) is 4. The Hall–Kier alpha value is -3.28. The number of ether oxygens (including phenoxy) is 2. The highest BCUT2D eigenvalue weighted by molar-refractivity contribution is 5.91. The molecule has 6 heteroatoms. The van der Waals surface area contributed by atoms with Crippen LogP contribution in [-0.4, -0.2) is 35.1 Å². The van der Waals surface area contributed by atoms with Gasteiger partial charge in [0, 0.05) is 31.4 Å². The molecular formula is C23H27N3O3. The number of carbonyl (C=O) groups excluding carboxylic acids is 1. The zero-order chi connectivity index (χ0) is 20.5. The van der Waals surface area contributed by atoms with Gasteiger partial charge in [0.2, 0.25) is 5.91 Å². The van der Waals surface area contributed by atoms with Crippen molar-refractivity contribution in [2.24, 2.45) is 0 Å². The molecule has 0 unspecified atom stereocenters. The molecule has 152 valence electrons. The second-order valence-corrected chi connectivity index (χ2v) is 6.56. The maximum atomic E-state index is 12.1. The van der Waals surface area contributed by atoms with Crippen molar-refractivity contribution in [3.63, 3.8) is 0 Å². The van der Waals surface area contributed by atoms with Crippen LogP contribution in [0.15, 0.2) is 54.9 Å². The molecule has 0 atom stereocenters. The van der Waals surface area contributed by atoms with Crippen molar-refractivity contribution < 1.29 is 14.3 Å². The fourth-order valence-electron chi connectivity index (χ4n) is 2.87. The molecule has 1 N–H and O–H groups in total. The Morgan fingerprint density at radius 2 is 2.00 bits per heavy atom. The van der Waals surface area contributed by atoms with Crippen LogP contribution in [0.1, 0.15) is 31.5 Å². The van der Waals surface area contributed by atoms with Gasteiger partial charge in [-0.05, 0) is 49.2 Å². The first-order valence-electron chi connectivity index (χ1n) is 9.97. The molecule has 0 fully saturated rings. The first-order chi connectivity index (χ1) is 14.2. The van der Waals surface area contributed by atoms with E-state index in [0.717, 1.165) is 34.8 Å². The van der Waals surface area contributed by atoms with Crippen LogP contribution in [0.5, 0.6) is 11.5 Å². The smallest absolute Gasteiger partial charge is 0.244 e. The summed E-state index contributed by atoms with van der Waals surface area (Å²) >= 11 is 0. The fraction of sp³-hybridized carbons (Fsp3) is 0.304. The van der Waals surface area contributed by atoms with Crippen LogP contribution < -0.4 is 14.8 Å². The average Bonchev–Trinajstić information content (AvgIpc) is 3.15. The molecule has 0 radical (unpaired) electrons. The van der Waals surface area contributed by atoms with Gasteiger partial charge < -0.3 is 19.2 Å². The molecule has 0 saturated carbocycles. The zero-order valence-corrected chi connectivity index (χ0v) is 16.9. The topological polar surface area (TPSA) is 64.9 Å². The molecular weight excluding hydrogens is 366 g/mol. The van der Waals surface area contributed by atoms with Gasteiger partial charge in [-0.25, -0.2) is 4.98 Å². The number of hydrogen-bond donors (Lipinski definition) is 1. The van der Waals surface area contributed by atoms with Gasteiger partial charge in [0.15, 0.2) is 11.4 Å². The minimum absolute atomic E-state index is 0.130. The SMILES string of the molecule is CCCOc1ccc(/C=C/C(=O)NCCc2cn3cccc(OCC)c3n2)cc1. The fourth-order valence-corrected chi connectivity index (χ4v) is 2.87. The molecule has 0 aliphatic carbocycles. The number of carbonyl (C=O) groups is 1. The van der Waals surface area contributed by atoms with Crippen molar-refractivity contribution in [1.82, 2.24) is 14.7 Å². The highest BCUT2D eigenvalue weighted by atomic mass is 16.5. The number of amides is 1. The van der Waals surface area contributed by atoms with E-state index in [1.165, 1.54) is 0 Å². The molecule has 0 aliphatic heterocycles. The van der Waals surface area contributed by atoms with E-state index in [-0.39, 0.29) is 5.91 Å². The van der Waals surface area contributed by atoms with E-state index >= 15 is 0 Å². The molecule has 29 heavy (non-hydrogen) atoms. The summed E-state index contributed by atoms with van der Waals surface area (Å²) in [5.41, 5.74) is 2.65. The lowest BCUT2D eigenvalue weighted by atomic mass is 10.2. The summed E-state index contributed by atoms with van der Waals surface area (Å²) in [6, 6.07) is 11.5. The Kier molecular flexibility index (Phi) is 7.28. The summed E-state index contributed by atoms with van der Waals surface area (Å²) in [5, 5.41) is 2.89. The summed E-state index contributed by atoms with van der Waals surface area (Å²) in [7, 11) is 0. The van der Waals surface area contributed by atoms with Gasteiger partial charge in [-0.1, -0.05) is 19.1 Å². The number of imidazole rings is 1. The second kappa shape index (κ2) is 10.3. The van der Waals surface area contributed by atoms with E-state index in [1.807, 2.05) is 60.1 Å². The Labute approximate surface area is 171 Å². The van der Waals surface area contributed by atoms with E-state index in [9.17, 15) is 4.79 Å². The van der Waals surface area contributed by atoms with Crippen LogP contribution in [0.4, 0.5) is 0 Å². The summed E-state index contributed by atoms with van der Waals surface area (Å²) in [4.78, 5) is 16.7. The molecule has 3 rings (SSSR count). The maximum absolute atomic E-state index is 12.1. The predicted molar refractivity (Wildman–Crippen MR) is 114 cm³/mol. The van der Waals surface area contributed by atoms with E-state index in [1.54, 1.807) is 12.2 Å². The summed E-state index contributed by atoms with van der Waals surface area (Å²) in [6.45, 7) is 5.84. The van der Waals surface area contributed by atoms with E-state index in [0.29, 0.717) is 26.2 Å². The Morgan fingerprint density at radius 1 is 1.17 bits per heavy atom. The summed E-state index contributed by atoms with van der Waals surface area (Å²) in [5.74, 6) is 1.47. The minimum atomic E-state index is -0.130. The van der Waals surface area contributed by atoms with Crippen molar-refractivity contribution in [2.75, 3.05) is 19.8 Å². The molecule has 0 spiro atoms. The first-order valence-corrected chi connectivity index (χ1v) is 9.97. The first kappa shape index (κ1) is 20.5. The van der Waals surface area contributed by atoms with E-state index in [4.69, 9.17) is 9.47 Å². The van der Waals surface area contributed by atoms with Crippen LogP contribution in [0, 0.1) is 0 Å². The molecule has 0 saturated heterocycles. The lowest BCUT2D eigenvalue weighted by Gasteiger charge is -2.04. The Bertz CT molecular complexity index is 961. The minimum Gasteiger partial charge on any atom is -0.494 e. The van der Waals surface area contributed by atoms with Gasteiger partial charge in [0.25, 0.3) is 0 Å². The Balaban J connectivity index is 1.49. The molecule has 1 aromatic carbocycles. The van der Waals surface area contributed by atoms with Crippen LogP contribution in [0.25, 0.3) is 11.7 Å². The van der Waals surface area contributed by atoms with Gasteiger partial charge in [0.1, 0.15) is 5.75 Å². The van der Waals surface area contributed by atoms with Crippen molar-refractivity contribution in [2.45, 2.75) is 26.7 Å². The highest BCUT2D eigenvalue weighted by Gasteiger charge is 2.07. The van der Waals surface area contributed by atoms with Gasteiger partial charge in [-0.15, -0.1) is 0 Å². The third-order valence-corrected chi connectivity index (χ3v) is 4.26. The van der Waals surface area contributed by atoms with Crippen molar-refractivity contribution in [1.29, 1.82) is 0 Å². The molecule has 0 bridgehead atoms. The number of aromatic nitrogens is 2. The van der Waals surface area contributed by atoms with Crippen LogP contribution in [0.2, 0.25) is 0 Å². The predicted octanol–water partition coefficient (Wildman–Crippen LogP) is 3.89. The largest absolute Gasteiger partial charge is 0.494 e. The number of nitrogens with one attached hydrogen (secondary N) is 1. The third-order valence-electron chi connectivity index (χ3n) is 4.26. The van der Waals surface area contributed by atoms with Gasteiger partial charge >= 0.3 is 0 Å². The van der Waals surface area contributed by atoms with Gasteiger partial charge in [-0.2, -0.15) is 0 Å². The quantitative estimate of drug-likeness (QED) is 0.531. The number of pyridine rings is 1. The van der Waals surface area contributed by atoms with Crippen LogP contribution >= 0.6 is 0 Å². The standard InChI is InChI=1S/C23H27N3O3/c1-3-16-29-20-10-7-18(8-11-20)9-12-22(27)24-14-13-19-17-26-15-5-6-21(28-4-2)23(26)25-19/h5-12,15,17H,3-4,13-14,16H2,1-2H3,(H,24,27)/b12-9+. The van der Waals surface area contributed by atoms with Crippen LogP contribution in [0.3, 0.4) is 0 Å². The Morgan fingerprint density at radius 3 is 2.76 bits per heavy atom. The van der Waals surface area contributed by atoms with Crippen LogP contribution in [-0.2, 0) is 11.2 Å². The molecule has 6 nitrogen and oxygen atoms in total. The average molecular weight is 393 g/mol. The third kappa shape index (κ3) is 5.85. The second-order valence-electron chi connectivity index (χ2n) is 6.56. The van der Waals surface area contributed by atoms with Crippen molar-refractivity contribution in [3.8, 4) is 11.5 Å². The maximum Gasteiger partial charge on any atom is 0.244 e. The normalized spacial score (nSPS) is 11.1.